The van der Waals surface area contributed by atoms with Crippen LogP contribution in [0, 0.1) is 0 Å². The number of hydrogen-bond acceptors (Lipinski definition) is 3. The molecule has 2 aromatic rings. The third-order valence-corrected chi connectivity index (χ3v) is 5.17. The maximum absolute atomic E-state index is 12.6. The first-order chi connectivity index (χ1) is 11.2. The van der Waals surface area contributed by atoms with Gasteiger partial charge in [0.1, 0.15) is 5.69 Å². The number of hydrogen-bond donors (Lipinski definition) is 2. The Balaban J connectivity index is 1.56. The number of aromatic nitrogens is 1. The highest BCUT2D eigenvalue weighted by Crippen LogP contribution is 2.27. The van der Waals surface area contributed by atoms with Crippen LogP contribution in [0.4, 0.5) is 0 Å². The normalized spacial score (nSPS) is 24.5. The molecule has 3 heterocycles. The molecule has 0 bridgehead atoms. The number of carbonyl (C=O) groups excluding carboxylic acids is 1. The molecule has 4 rings (SSSR count). The monoisotopic (exact) mass is 311 g/mol. The smallest absolute Gasteiger partial charge is 0.268 e. The average molecular weight is 311 g/mol. The van der Waals surface area contributed by atoms with Gasteiger partial charge in [0, 0.05) is 24.0 Å². The van der Waals surface area contributed by atoms with E-state index in [0.717, 1.165) is 31.3 Å². The molecule has 2 saturated heterocycles. The van der Waals surface area contributed by atoms with Crippen LogP contribution in [-0.4, -0.2) is 41.0 Å². The molecule has 0 aliphatic carbocycles. The molecule has 0 radical (unpaired) electrons. The summed E-state index contributed by atoms with van der Waals surface area (Å²) >= 11 is 0. The van der Waals surface area contributed by atoms with Gasteiger partial charge in [-0.05, 0) is 43.3 Å². The predicted molar refractivity (Wildman–Crippen MR) is 89.7 cm³/mol. The van der Waals surface area contributed by atoms with Crippen molar-refractivity contribution < 1.29 is 4.79 Å². The topological polar surface area (TPSA) is 65.2 Å². The summed E-state index contributed by atoms with van der Waals surface area (Å²) in [5.74, 6) is -0.176. The molecule has 2 atom stereocenters. The number of H-pyrrole nitrogens is 1. The van der Waals surface area contributed by atoms with Gasteiger partial charge in [-0.15, -0.1) is 0 Å². The van der Waals surface area contributed by atoms with Crippen LogP contribution in [0.3, 0.4) is 0 Å². The molecule has 0 unspecified atom stereocenters. The molecule has 2 aliphatic heterocycles. The Bertz CT molecular complexity index is 798. The Morgan fingerprint density at radius 2 is 2.04 bits per heavy atom. The first kappa shape index (κ1) is 14.5. The number of piperidine rings is 1. The first-order valence-corrected chi connectivity index (χ1v) is 8.39. The van der Waals surface area contributed by atoms with Crippen LogP contribution in [0.1, 0.15) is 36.2 Å². The lowest BCUT2D eigenvalue weighted by atomic mass is 9.99. The van der Waals surface area contributed by atoms with E-state index in [2.05, 4.69) is 15.2 Å². The average Bonchev–Trinajstić information content (AvgIpc) is 2.98. The second kappa shape index (κ2) is 5.81. The standard InChI is InChI=1S/C18H21N3O2/c22-17-13-6-2-1-5-12(13)11-15(20-17)18(23)19-14-8-10-21-9-4-3-7-16(14)21/h1-2,5-6,11,14,16H,3-4,7-10H2,(H,19,23)(H,20,22)/t14-,16-/m1/s1. The molecular weight excluding hydrogens is 290 g/mol. The third kappa shape index (κ3) is 2.65. The molecule has 1 aromatic heterocycles. The van der Waals surface area contributed by atoms with Crippen molar-refractivity contribution in [2.45, 2.75) is 37.8 Å². The van der Waals surface area contributed by atoms with Gasteiger partial charge in [-0.25, -0.2) is 0 Å². The maximum atomic E-state index is 12.6. The van der Waals surface area contributed by atoms with Crippen molar-refractivity contribution in [3.8, 4) is 0 Å². The van der Waals surface area contributed by atoms with Gasteiger partial charge >= 0.3 is 0 Å². The summed E-state index contributed by atoms with van der Waals surface area (Å²) < 4.78 is 0. The van der Waals surface area contributed by atoms with Gasteiger partial charge in [0.05, 0.1) is 0 Å². The molecule has 1 aromatic carbocycles. The lowest BCUT2D eigenvalue weighted by Gasteiger charge is -2.32. The van der Waals surface area contributed by atoms with Crippen LogP contribution >= 0.6 is 0 Å². The fourth-order valence-corrected chi connectivity index (χ4v) is 4.00. The number of fused-ring (bicyclic) bond motifs is 2. The van der Waals surface area contributed by atoms with Gasteiger partial charge in [-0.2, -0.15) is 0 Å². The van der Waals surface area contributed by atoms with Gasteiger partial charge in [-0.1, -0.05) is 24.6 Å². The van der Waals surface area contributed by atoms with Crippen molar-refractivity contribution in [1.82, 2.24) is 15.2 Å². The van der Waals surface area contributed by atoms with Gasteiger partial charge in [-0.3, -0.25) is 14.5 Å². The second-order valence-electron chi connectivity index (χ2n) is 6.57. The Morgan fingerprint density at radius 1 is 1.17 bits per heavy atom. The van der Waals surface area contributed by atoms with E-state index in [1.807, 2.05) is 18.2 Å². The minimum absolute atomic E-state index is 0.176. The van der Waals surface area contributed by atoms with Crippen molar-refractivity contribution in [2.75, 3.05) is 13.1 Å². The molecule has 0 saturated carbocycles. The second-order valence-corrected chi connectivity index (χ2v) is 6.57. The van der Waals surface area contributed by atoms with E-state index in [9.17, 15) is 9.59 Å². The van der Waals surface area contributed by atoms with Gasteiger partial charge < -0.3 is 10.3 Å². The highest BCUT2D eigenvalue weighted by molar-refractivity contribution is 5.96. The van der Waals surface area contributed by atoms with Gasteiger partial charge in [0.2, 0.25) is 0 Å². The Hall–Kier alpha value is -2.14. The maximum Gasteiger partial charge on any atom is 0.268 e. The summed E-state index contributed by atoms with van der Waals surface area (Å²) in [6.07, 6.45) is 4.64. The van der Waals surface area contributed by atoms with Crippen molar-refractivity contribution in [3.05, 3.63) is 46.4 Å². The summed E-state index contributed by atoms with van der Waals surface area (Å²) in [5.41, 5.74) is 0.141. The van der Waals surface area contributed by atoms with Crippen LogP contribution in [-0.2, 0) is 0 Å². The van der Waals surface area contributed by atoms with E-state index in [4.69, 9.17) is 0 Å². The number of aromatic amines is 1. The number of amides is 1. The van der Waals surface area contributed by atoms with Crippen molar-refractivity contribution in [1.29, 1.82) is 0 Å². The van der Waals surface area contributed by atoms with Crippen molar-refractivity contribution >= 4 is 16.7 Å². The summed E-state index contributed by atoms with van der Waals surface area (Å²) in [6.45, 7) is 2.20. The van der Waals surface area contributed by atoms with Crippen LogP contribution in [0.15, 0.2) is 35.1 Å². The predicted octanol–water partition coefficient (Wildman–Crippen LogP) is 1.88. The molecule has 0 spiro atoms. The lowest BCUT2D eigenvalue weighted by Crippen LogP contribution is -2.47. The Labute approximate surface area is 134 Å². The number of pyridine rings is 1. The highest BCUT2D eigenvalue weighted by Gasteiger charge is 2.36. The van der Waals surface area contributed by atoms with Crippen LogP contribution in [0.2, 0.25) is 0 Å². The van der Waals surface area contributed by atoms with Gasteiger partial charge in [0.15, 0.2) is 0 Å². The molecule has 5 heteroatoms. The SMILES string of the molecule is O=C(N[C@@H]1CCN2CCCC[C@H]12)c1cc2ccccc2c(=O)[nH]1. The van der Waals surface area contributed by atoms with E-state index >= 15 is 0 Å². The van der Waals surface area contributed by atoms with E-state index < -0.39 is 0 Å². The minimum atomic E-state index is -0.209. The molecule has 2 fully saturated rings. The summed E-state index contributed by atoms with van der Waals surface area (Å²) in [6, 6.07) is 9.75. The molecule has 23 heavy (non-hydrogen) atoms. The van der Waals surface area contributed by atoms with Crippen LogP contribution in [0.5, 0.6) is 0 Å². The number of rotatable bonds is 2. The lowest BCUT2D eigenvalue weighted by molar-refractivity contribution is 0.0910. The van der Waals surface area contributed by atoms with Gasteiger partial charge in [0.25, 0.3) is 11.5 Å². The molecule has 5 nitrogen and oxygen atoms in total. The molecule has 2 N–H and O–H groups in total. The van der Waals surface area contributed by atoms with E-state index in [0.29, 0.717) is 17.1 Å². The first-order valence-electron chi connectivity index (χ1n) is 8.39. The number of benzene rings is 1. The summed E-state index contributed by atoms with van der Waals surface area (Å²) in [4.78, 5) is 29.9. The van der Waals surface area contributed by atoms with E-state index in [-0.39, 0.29) is 17.5 Å². The van der Waals surface area contributed by atoms with Crippen molar-refractivity contribution in [3.63, 3.8) is 0 Å². The molecule has 120 valence electrons. The number of nitrogens with zero attached hydrogens (tertiary/aromatic N) is 1. The zero-order chi connectivity index (χ0) is 15.8. The number of carbonyl (C=O) groups is 1. The van der Waals surface area contributed by atoms with Crippen LogP contribution in [0.25, 0.3) is 10.8 Å². The quantitative estimate of drug-likeness (QED) is 0.890. The van der Waals surface area contributed by atoms with E-state index in [1.165, 1.54) is 12.8 Å². The molecule has 1 amide bonds. The largest absolute Gasteiger partial charge is 0.346 e. The fourth-order valence-electron chi connectivity index (χ4n) is 4.00. The van der Waals surface area contributed by atoms with E-state index in [1.54, 1.807) is 12.1 Å². The Morgan fingerprint density at radius 3 is 2.96 bits per heavy atom. The third-order valence-electron chi connectivity index (χ3n) is 5.17. The summed E-state index contributed by atoms with van der Waals surface area (Å²) in [7, 11) is 0. The fraction of sp³-hybridized carbons (Fsp3) is 0.444. The minimum Gasteiger partial charge on any atom is -0.346 e. The summed E-state index contributed by atoms with van der Waals surface area (Å²) in [5, 5.41) is 4.55. The number of nitrogens with one attached hydrogen (secondary N) is 2. The molecular formula is C18H21N3O2. The van der Waals surface area contributed by atoms with Crippen molar-refractivity contribution in [2.24, 2.45) is 0 Å². The highest BCUT2D eigenvalue weighted by atomic mass is 16.2. The zero-order valence-electron chi connectivity index (χ0n) is 13.0. The van der Waals surface area contributed by atoms with Crippen LogP contribution < -0.4 is 10.9 Å². The Kier molecular flexibility index (Phi) is 3.65. The molecule has 2 aliphatic rings. The zero-order valence-corrected chi connectivity index (χ0v) is 13.0.